The van der Waals surface area contributed by atoms with E-state index in [9.17, 15) is 0 Å². The van der Waals surface area contributed by atoms with Gasteiger partial charge in [-0.25, -0.2) is 9.97 Å². The number of hydrogen-bond acceptors (Lipinski definition) is 2. The molecule has 3 aromatic carbocycles. The van der Waals surface area contributed by atoms with Crippen LogP contribution in [0.5, 0.6) is 0 Å². The van der Waals surface area contributed by atoms with Crippen molar-refractivity contribution in [3.8, 4) is 28.2 Å². The van der Waals surface area contributed by atoms with Gasteiger partial charge in [-0.2, -0.15) is 0 Å². The highest BCUT2D eigenvalue weighted by molar-refractivity contribution is 6.07. The lowest BCUT2D eigenvalue weighted by molar-refractivity contribution is 1.09. The van der Waals surface area contributed by atoms with Crippen LogP contribution in [0.15, 0.2) is 121 Å². The van der Waals surface area contributed by atoms with Crippen molar-refractivity contribution in [2.45, 2.75) is 0 Å². The maximum atomic E-state index is 5.06. The largest absolute Gasteiger partial charge is 0.293 e. The number of hydrogen-bond donors (Lipinski definition) is 0. The predicted octanol–water partition coefficient (Wildman–Crippen LogP) is 7.16. The number of rotatable bonds is 3. The quantitative estimate of drug-likeness (QED) is 0.295. The summed E-state index contributed by atoms with van der Waals surface area (Å²) in [4.78, 5) is 10.0. The minimum Gasteiger partial charge on any atom is -0.293 e. The van der Waals surface area contributed by atoms with Crippen molar-refractivity contribution in [1.82, 2.24) is 18.9 Å². The van der Waals surface area contributed by atoms with Crippen LogP contribution in [0.25, 0.3) is 55.9 Å². The molecule has 0 atom stereocenters. The van der Waals surface area contributed by atoms with Gasteiger partial charge in [-0.15, -0.1) is 0 Å². The van der Waals surface area contributed by atoms with Crippen molar-refractivity contribution < 1.29 is 0 Å². The first-order valence-corrected chi connectivity index (χ1v) is 11.4. The molecular weight excluding hydrogens is 416 g/mol. The summed E-state index contributed by atoms with van der Waals surface area (Å²) >= 11 is 0. The van der Waals surface area contributed by atoms with Gasteiger partial charge >= 0.3 is 0 Å². The smallest absolute Gasteiger partial charge is 0.150 e. The number of benzene rings is 3. The number of nitrogens with zero attached hydrogens (tertiary/aromatic N) is 4. The number of para-hydroxylation sites is 1. The Balaban J connectivity index is 1.61. The fourth-order valence-corrected chi connectivity index (χ4v) is 4.78. The Hall–Kier alpha value is -4.70. The Labute approximate surface area is 196 Å². The SMILES string of the molecule is c1ccc(-c2cc(-n3c4ccccc4c4nc5ccccn5c43)cc(-c3ccccc3)n2)cc1. The van der Waals surface area contributed by atoms with Gasteiger partial charge in [0.05, 0.1) is 22.6 Å². The molecular formula is C30H20N4. The molecule has 0 aliphatic heterocycles. The summed E-state index contributed by atoms with van der Waals surface area (Å²) in [7, 11) is 0. The highest BCUT2D eigenvalue weighted by Gasteiger charge is 2.19. The summed E-state index contributed by atoms with van der Waals surface area (Å²) in [6.45, 7) is 0. The zero-order chi connectivity index (χ0) is 22.5. The molecule has 0 saturated heterocycles. The normalized spacial score (nSPS) is 11.5. The van der Waals surface area contributed by atoms with Gasteiger partial charge < -0.3 is 0 Å². The van der Waals surface area contributed by atoms with Crippen molar-refractivity contribution in [2.24, 2.45) is 0 Å². The highest BCUT2D eigenvalue weighted by atomic mass is 15.1. The topological polar surface area (TPSA) is 35.1 Å². The van der Waals surface area contributed by atoms with E-state index in [-0.39, 0.29) is 0 Å². The van der Waals surface area contributed by atoms with E-state index in [0.29, 0.717) is 0 Å². The molecule has 0 radical (unpaired) electrons. The van der Waals surface area contributed by atoms with Crippen LogP contribution in [-0.4, -0.2) is 18.9 Å². The second kappa shape index (κ2) is 7.42. The van der Waals surface area contributed by atoms with Crippen LogP contribution in [0.4, 0.5) is 0 Å². The first kappa shape index (κ1) is 18.8. The van der Waals surface area contributed by atoms with Gasteiger partial charge in [-0.3, -0.25) is 8.97 Å². The molecule has 7 rings (SSSR count). The van der Waals surface area contributed by atoms with Gasteiger partial charge in [0, 0.05) is 22.7 Å². The van der Waals surface area contributed by atoms with Gasteiger partial charge in [-0.1, -0.05) is 84.9 Å². The number of aromatic nitrogens is 4. The van der Waals surface area contributed by atoms with E-state index in [1.807, 2.05) is 24.3 Å². The standard InChI is InChI=1S/C30H20N4/c1-3-11-21(12-4-1)25-19-23(20-26(31-25)22-13-5-2-6-14-22)34-27-16-8-7-15-24(27)29-30(34)33-18-10-9-17-28(33)32-29/h1-20H. The summed E-state index contributed by atoms with van der Waals surface area (Å²) in [6, 6.07) is 39.7. The molecule has 7 aromatic rings. The third kappa shape index (κ3) is 2.86. The molecule has 4 heteroatoms. The Morgan fingerprint density at radius 3 is 1.88 bits per heavy atom. The zero-order valence-electron chi connectivity index (χ0n) is 18.3. The van der Waals surface area contributed by atoms with Crippen molar-refractivity contribution >= 4 is 27.7 Å². The Bertz CT molecular complexity index is 1730. The van der Waals surface area contributed by atoms with Crippen LogP contribution >= 0.6 is 0 Å². The van der Waals surface area contributed by atoms with E-state index < -0.39 is 0 Å². The van der Waals surface area contributed by atoms with Crippen LogP contribution < -0.4 is 0 Å². The van der Waals surface area contributed by atoms with E-state index in [2.05, 4.69) is 106 Å². The second-order valence-corrected chi connectivity index (χ2v) is 8.39. The van der Waals surface area contributed by atoms with Crippen LogP contribution in [0, 0.1) is 0 Å². The summed E-state index contributed by atoms with van der Waals surface area (Å²) in [5.41, 5.74) is 9.25. The third-order valence-corrected chi connectivity index (χ3v) is 6.32. The monoisotopic (exact) mass is 436 g/mol. The van der Waals surface area contributed by atoms with Crippen LogP contribution in [-0.2, 0) is 0 Å². The number of fused-ring (bicyclic) bond motifs is 5. The molecule has 4 heterocycles. The second-order valence-electron chi connectivity index (χ2n) is 8.39. The predicted molar refractivity (Wildman–Crippen MR) is 138 cm³/mol. The summed E-state index contributed by atoms with van der Waals surface area (Å²) < 4.78 is 4.48. The summed E-state index contributed by atoms with van der Waals surface area (Å²) in [6.07, 6.45) is 2.08. The first-order valence-electron chi connectivity index (χ1n) is 11.4. The Kier molecular flexibility index (Phi) is 4.11. The lowest BCUT2D eigenvalue weighted by Gasteiger charge is -2.13. The third-order valence-electron chi connectivity index (χ3n) is 6.32. The maximum absolute atomic E-state index is 5.06. The fourth-order valence-electron chi connectivity index (χ4n) is 4.78. The molecule has 4 nitrogen and oxygen atoms in total. The zero-order valence-corrected chi connectivity index (χ0v) is 18.3. The van der Waals surface area contributed by atoms with Crippen molar-refractivity contribution in [1.29, 1.82) is 0 Å². The molecule has 0 bridgehead atoms. The molecule has 0 N–H and O–H groups in total. The van der Waals surface area contributed by atoms with E-state index in [1.165, 1.54) is 0 Å². The minimum atomic E-state index is 0.938. The molecule has 0 aliphatic rings. The van der Waals surface area contributed by atoms with Crippen molar-refractivity contribution in [3.63, 3.8) is 0 Å². The van der Waals surface area contributed by atoms with E-state index in [4.69, 9.17) is 9.97 Å². The van der Waals surface area contributed by atoms with Gasteiger partial charge in [0.1, 0.15) is 11.2 Å². The minimum absolute atomic E-state index is 0.938. The lowest BCUT2D eigenvalue weighted by Crippen LogP contribution is -2.00. The van der Waals surface area contributed by atoms with Crippen LogP contribution in [0.1, 0.15) is 0 Å². The van der Waals surface area contributed by atoms with Gasteiger partial charge in [0.15, 0.2) is 5.65 Å². The fraction of sp³-hybridized carbons (Fsp3) is 0. The molecule has 0 amide bonds. The molecule has 34 heavy (non-hydrogen) atoms. The first-order chi connectivity index (χ1) is 16.9. The average molecular weight is 437 g/mol. The Morgan fingerprint density at radius 2 is 1.18 bits per heavy atom. The number of pyridine rings is 2. The van der Waals surface area contributed by atoms with E-state index in [1.54, 1.807) is 0 Å². The molecule has 0 aliphatic carbocycles. The average Bonchev–Trinajstić information content (AvgIpc) is 3.44. The summed E-state index contributed by atoms with van der Waals surface area (Å²) in [5.74, 6) is 0. The molecule has 0 unspecified atom stereocenters. The highest BCUT2D eigenvalue weighted by Crippen LogP contribution is 2.34. The lowest BCUT2D eigenvalue weighted by atomic mass is 10.1. The van der Waals surface area contributed by atoms with Gasteiger partial charge in [0.25, 0.3) is 0 Å². The molecule has 0 saturated carbocycles. The van der Waals surface area contributed by atoms with Crippen molar-refractivity contribution in [3.05, 3.63) is 121 Å². The van der Waals surface area contributed by atoms with E-state index in [0.717, 1.165) is 55.9 Å². The van der Waals surface area contributed by atoms with Gasteiger partial charge in [-0.05, 0) is 30.3 Å². The van der Waals surface area contributed by atoms with Crippen molar-refractivity contribution in [2.75, 3.05) is 0 Å². The molecule has 0 spiro atoms. The van der Waals surface area contributed by atoms with E-state index >= 15 is 0 Å². The summed E-state index contributed by atoms with van der Waals surface area (Å²) in [5, 5.41) is 1.14. The van der Waals surface area contributed by atoms with Gasteiger partial charge in [0.2, 0.25) is 0 Å². The van der Waals surface area contributed by atoms with Crippen LogP contribution in [0.2, 0.25) is 0 Å². The molecule has 4 aromatic heterocycles. The number of imidazole rings is 1. The van der Waals surface area contributed by atoms with Crippen LogP contribution in [0.3, 0.4) is 0 Å². The maximum Gasteiger partial charge on any atom is 0.150 e. The molecule has 0 fully saturated rings. The Morgan fingerprint density at radius 1 is 0.559 bits per heavy atom. The molecule has 160 valence electrons.